The molecule has 0 atom stereocenters. The van der Waals surface area contributed by atoms with Crippen molar-refractivity contribution in [3.05, 3.63) is 84.4 Å². The maximum atomic E-state index is 12.6. The van der Waals surface area contributed by atoms with Gasteiger partial charge in [0.15, 0.2) is 0 Å². The highest BCUT2D eigenvalue weighted by atomic mass is 32.2. The van der Waals surface area contributed by atoms with E-state index in [1.165, 1.54) is 25.3 Å². The van der Waals surface area contributed by atoms with Crippen LogP contribution < -0.4 is 24.2 Å². The Bertz CT molecular complexity index is 1220. The lowest BCUT2D eigenvalue weighted by Crippen LogP contribution is -2.26. The number of carbonyl (C=O) groups excluding carboxylic acids is 1. The van der Waals surface area contributed by atoms with E-state index >= 15 is 0 Å². The second kappa shape index (κ2) is 11.8. The van der Waals surface area contributed by atoms with Crippen molar-refractivity contribution in [2.24, 2.45) is 0 Å². The van der Waals surface area contributed by atoms with Crippen LogP contribution in [0.3, 0.4) is 0 Å². The summed E-state index contributed by atoms with van der Waals surface area (Å²) >= 11 is 0. The summed E-state index contributed by atoms with van der Waals surface area (Å²) < 4.78 is 43.4. The largest absolute Gasteiger partial charge is 0.497 e. The highest BCUT2D eigenvalue weighted by Crippen LogP contribution is 2.20. The molecule has 2 N–H and O–H groups in total. The lowest BCUT2D eigenvalue weighted by Gasteiger charge is -2.09. The Balaban J connectivity index is 1.47. The number of anilines is 1. The van der Waals surface area contributed by atoms with Crippen molar-refractivity contribution in [2.75, 3.05) is 32.1 Å². The van der Waals surface area contributed by atoms with Gasteiger partial charge in [0, 0.05) is 17.8 Å². The van der Waals surface area contributed by atoms with Crippen LogP contribution in [0.25, 0.3) is 6.08 Å². The molecule has 0 saturated heterocycles. The second-order valence-corrected chi connectivity index (χ2v) is 8.74. The number of amides is 1. The van der Waals surface area contributed by atoms with Crippen LogP contribution in [0, 0.1) is 0 Å². The summed E-state index contributed by atoms with van der Waals surface area (Å²) in [5.41, 5.74) is 1.11. The van der Waals surface area contributed by atoms with Crippen molar-refractivity contribution in [1.82, 2.24) is 5.32 Å². The average Bonchev–Trinajstić information content (AvgIpc) is 2.86. The molecule has 3 aromatic carbocycles. The molecule has 178 valence electrons. The zero-order valence-corrected chi connectivity index (χ0v) is 19.7. The molecule has 0 spiro atoms. The Morgan fingerprint density at radius 1 is 0.882 bits per heavy atom. The first-order valence-electron chi connectivity index (χ1n) is 10.4. The topological polar surface area (TPSA) is 103 Å². The molecule has 3 aromatic rings. The zero-order valence-electron chi connectivity index (χ0n) is 18.9. The number of methoxy groups -OCH3 is 2. The number of benzene rings is 3. The molecule has 0 bridgehead atoms. The van der Waals surface area contributed by atoms with E-state index < -0.39 is 10.0 Å². The maximum absolute atomic E-state index is 12.6. The molecule has 0 heterocycles. The first-order valence-corrected chi connectivity index (χ1v) is 11.9. The molecule has 9 heteroatoms. The van der Waals surface area contributed by atoms with Crippen molar-refractivity contribution in [3.63, 3.8) is 0 Å². The summed E-state index contributed by atoms with van der Waals surface area (Å²) in [6.45, 7) is 0.634. The third kappa shape index (κ3) is 7.28. The van der Waals surface area contributed by atoms with E-state index in [9.17, 15) is 13.2 Å². The minimum absolute atomic E-state index is 0.111. The number of ether oxygens (including phenoxy) is 3. The molecule has 0 aliphatic heterocycles. The van der Waals surface area contributed by atoms with Crippen molar-refractivity contribution < 1.29 is 27.4 Å². The molecule has 0 saturated carbocycles. The van der Waals surface area contributed by atoms with Crippen LogP contribution in [-0.4, -0.2) is 41.7 Å². The monoisotopic (exact) mass is 482 g/mol. The van der Waals surface area contributed by atoms with Crippen molar-refractivity contribution in [1.29, 1.82) is 0 Å². The molecule has 0 fully saturated rings. The molecular formula is C25H26N2O6S. The van der Waals surface area contributed by atoms with Crippen molar-refractivity contribution >= 4 is 27.7 Å². The maximum Gasteiger partial charge on any atom is 0.261 e. The van der Waals surface area contributed by atoms with E-state index in [2.05, 4.69) is 10.0 Å². The van der Waals surface area contributed by atoms with Gasteiger partial charge in [-0.05, 0) is 60.2 Å². The normalized spacial score (nSPS) is 11.1. The van der Waals surface area contributed by atoms with E-state index in [4.69, 9.17) is 14.2 Å². The Kier molecular flexibility index (Phi) is 8.53. The summed E-state index contributed by atoms with van der Waals surface area (Å²) in [4.78, 5) is 12.1. The summed E-state index contributed by atoms with van der Waals surface area (Å²) in [5.74, 6) is 1.69. The van der Waals surface area contributed by atoms with E-state index in [0.717, 1.165) is 0 Å². The molecule has 0 aromatic heterocycles. The molecule has 8 nitrogen and oxygen atoms in total. The van der Waals surface area contributed by atoms with Gasteiger partial charge in [-0.15, -0.1) is 0 Å². The minimum atomic E-state index is -3.74. The summed E-state index contributed by atoms with van der Waals surface area (Å²) in [5, 5.41) is 2.73. The molecule has 34 heavy (non-hydrogen) atoms. The van der Waals surface area contributed by atoms with Gasteiger partial charge in [-0.3, -0.25) is 9.52 Å². The standard InChI is InChI=1S/C25H26N2O6S/c1-31-21-11-9-20(10-12-21)27-34(29,30)24-13-6-19(7-14-24)8-15-25(28)26-16-17-33-23-5-3-4-22(18-23)32-2/h3-15,18,27H,16-17H2,1-2H3,(H,26,28)/b15-8+. The van der Waals surface area contributed by atoms with Crippen molar-refractivity contribution in [2.45, 2.75) is 4.90 Å². The fraction of sp³-hybridized carbons (Fsp3) is 0.160. The first kappa shape index (κ1) is 24.7. The van der Waals surface area contributed by atoms with Crippen molar-refractivity contribution in [3.8, 4) is 17.2 Å². The number of carbonyl (C=O) groups is 1. The summed E-state index contributed by atoms with van der Waals surface area (Å²) in [7, 11) is -0.620. The SMILES string of the molecule is COc1ccc(NS(=O)(=O)c2ccc(/C=C/C(=O)NCCOc3cccc(OC)c3)cc2)cc1. The van der Waals surface area contributed by atoms with Gasteiger partial charge in [0.2, 0.25) is 5.91 Å². The predicted molar refractivity (Wildman–Crippen MR) is 131 cm³/mol. The van der Waals surface area contributed by atoms with Crippen LogP contribution >= 0.6 is 0 Å². The third-order valence-electron chi connectivity index (χ3n) is 4.67. The van der Waals surface area contributed by atoms with Gasteiger partial charge in [0.25, 0.3) is 10.0 Å². The van der Waals surface area contributed by atoms with E-state index in [1.54, 1.807) is 61.7 Å². The lowest BCUT2D eigenvalue weighted by molar-refractivity contribution is -0.116. The van der Waals surface area contributed by atoms with Gasteiger partial charge < -0.3 is 19.5 Å². The van der Waals surface area contributed by atoms with Gasteiger partial charge in [-0.25, -0.2) is 8.42 Å². The zero-order chi connectivity index (χ0) is 24.4. The molecule has 0 aliphatic carbocycles. The van der Waals surface area contributed by atoms with Gasteiger partial charge in [-0.1, -0.05) is 18.2 Å². The van der Waals surface area contributed by atoms with E-state index in [-0.39, 0.29) is 10.8 Å². The van der Waals surface area contributed by atoms with Crippen LogP contribution in [-0.2, 0) is 14.8 Å². The van der Waals surface area contributed by atoms with Crippen LogP contribution in [0.5, 0.6) is 17.2 Å². The van der Waals surface area contributed by atoms with Crippen LogP contribution in [0.4, 0.5) is 5.69 Å². The Labute approximate surface area is 199 Å². The highest BCUT2D eigenvalue weighted by molar-refractivity contribution is 7.92. The van der Waals surface area contributed by atoms with E-state index in [1.807, 2.05) is 12.1 Å². The number of hydrogen-bond donors (Lipinski definition) is 2. The molecule has 0 radical (unpaired) electrons. The summed E-state index contributed by atoms with van der Waals surface area (Å²) in [6.07, 6.45) is 2.98. The third-order valence-corrected chi connectivity index (χ3v) is 6.07. The summed E-state index contributed by atoms with van der Waals surface area (Å²) in [6, 6.07) is 20.0. The molecule has 0 aliphatic rings. The highest BCUT2D eigenvalue weighted by Gasteiger charge is 2.13. The first-order chi connectivity index (χ1) is 16.4. The van der Waals surface area contributed by atoms with Crippen LogP contribution in [0.2, 0.25) is 0 Å². The second-order valence-electron chi connectivity index (χ2n) is 7.05. The smallest absolute Gasteiger partial charge is 0.261 e. The Morgan fingerprint density at radius 3 is 2.24 bits per heavy atom. The number of sulfonamides is 1. The van der Waals surface area contributed by atoms with Gasteiger partial charge in [0.1, 0.15) is 23.9 Å². The fourth-order valence-corrected chi connectivity index (χ4v) is 3.95. The molecule has 1 amide bonds. The average molecular weight is 483 g/mol. The molecule has 3 rings (SSSR count). The van der Waals surface area contributed by atoms with Gasteiger partial charge >= 0.3 is 0 Å². The fourth-order valence-electron chi connectivity index (χ4n) is 2.90. The number of nitrogens with one attached hydrogen (secondary N) is 2. The number of rotatable bonds is 11. The molecular weight excluding hydrogens is 456 g/mol. The quantitative estimate of drug-likeness (QED) is 0.319. The Morgan fingerprint density at radius 2 is 1.56 bits per heavy atom. The van der Waals surface area contributed by atoms with Crippen LogP contribution in [0.15, 0.2) is 83.8 Å². The number of hydrogen-bond acceptors (Lipinski definition) is 6. The Hall–Kier alpha value is -3.98. The van der Waals surface area contributed by atoms with E-state index in [0.29, 0.717) is 41.7 Å². The minimum Gasteiger partial charge on any atom is -0.497 e. The predicted octanol–water partition coefficient (Wildman–Crippen LogP) is 3.71. The lowest BCUT2D eigenvalue weighted by atomic mass is 10.2. The van der Waals surface area contributed by atoms with Crippen LogP contribution in [0.1, 0.15) is 5.56 Å². The molecule has 0 unspecified atom stereocenters. The van der Waals surface area contributed by atoms with Gasteiger partial charge in [-0.2, -0.15) is 0 Å². The van der Waals surface area contributed by atoms with Gasteiger partial charge in [0.05, 0.1) is 25.7 Å².